The Kier molecular flexibility index (Phi) is 53.7. The van der Waals surface area contributed by atoms with E-state index in [9.17, 15) is 25.2 Å². The van der Waals surface area contributed by atoms with Crippen molar-refractivity contribution in [1.82, 2.24) is 5.32 Å². The quantitative estimate of drug-likeness (QED) is 0.0308. The van der Waals surface area contributed by atoms with E-state index in [1.165, 1.54) is 250 Å². The molecule has 6 nitrogen and oxygen atoms in total. The average molecular weight is 933 g/mol. The Balaban J connectivity index is 3.63. The third kappa shape index (κ3) is 47.8. The number of rotatable bonds is 55. The standard InChI is InChI=1S/C60H117NO5/c1-3-5-7-9-11-13-15-17-19-21-23-25-27-28-29-30-32-34-36-38-40-42-44-46-48-50-52-54-58(64)60(66)61-56(55-62)59(65)57(63)53-51-49-47-45-43-41-39-37-35-33-31-26-24-22-20-18-16-14-12-10-8-6-4-2/h37,39,45,47,56-59,62-65H,3-36,38,40-44,46,48-55H2,1-2H3,(H,61,66)/b39-37+,47-45+. The highest BCUT2D eigenvalue weighted by atomic mass is 16.3. The van der Waals surface area contributed by atoms with Gasteiger partial charge in [-0.15, -0.1) is 0 Å². The monoisotopic (exact) mass is 932 g/mol. The highest BCUT2D eigenvalue weighted by Crippen LogP contribution is 2.18. The number of allylic oxidation sites excluding steroid dienone is 4. The molecule has 0 spiro atoms. The summed E-state index contributed by atoms with van der Waals surface area (Å²) >= 11 is 0. The van der Waals surface area contributed by atoms with Gasteiger partial charge in [0, 0.05) is 0 Å². The summed E-state index contributed by atoms with van der Waals surface area (Å²) in [5.74, 6) is -0.591. The third-order valence-corrected chi connectivity index (χ3v) is 14.1. The molecular formula is C60H117NO5. The summed E-state index contributed by atoms with van der Waals surface area (Å²) in [6.07, 6.45) is 66.9. The molecule has 4 atom stereocenters. The van der Waals surface area contributed by atoms with Gasteiger partial charge in [-0.2, -0.15) is 0 Å². The number of carbonyl (C=O) groups excluding carboxylic acids is 1. The molecule has 0 heterocycles. The number of carbonyl (C=O) groups is 1. The van der Waals surface area contributed by atoms with Crippen LogP contribution in [0, 0.1) is 0 Å². The van der Waals surface area contributed by atoms with Crippen molar-refractivity contribution in [2.24, 2.45) is 0 Å². The van der Waals surface area contributed by atoms with Gasteiger partial charge in [-0.1, -0.05) is 295 Å². The lowest BCUT2D eigenvalue weighted by molar-refractivity contribution is -0.132. The molecule has 4 unspecified atom stereocenters. The smallest absolute Gasteiger partial charge is 0.249 e. The highest BCUT2D eigenvalue weighted by molar-refractivity contribution is 5.80. The maximum absolute atomic E-state index is 12.6. The first-order valence-corrected chi connectivity index (χ1v) is 29.7. The second-order valence-corrected chi connectivity index (χ2v) is 20.7. The minimum atomic E-state index is -1.29. The van der Waals surface area contributed by atoms with E-state index >= 15 is 0 Å². The van der Waals surface area contributed by atoms with Gasteiger partial charge in [0.25, 0.3) is 0 Å². The lowest BCUT2D eigenvalue weighted by Gasteiger charge is -2.27. The van der Waals surface area contributed by atoms with Crippen molar-refractivity contribution in [3.8, 4) is 0 Å². The molecule has 0 fully saturated rings. The van der Waals surface area contributed by atoms with Gasteiger partial charge in [0.05, 0.1) is 18.8 Å². The second-order valence-electron chi connectivity index (χ2n) is 20.7. The number of aliphatic hydroxyl groups is 4. The van der Waals surface area contributed by atoms with E-state index in [2.05, 4.69) is 43.5 Å². The minimum absolute atomic E-state index is 0.365. The predicted molar refractivity (Wildman–Crippen MR) is 288 cm³/mol. The van der Waals surface area contributed by atoms with Crippen LogP contribution in [-0.2, 0) is 4.79 Å². The molecule has 0 aliphatic heterocycles. The first kappa shape index (κ1) is 64.8. The molecule has 0 aromatic heterocycles. The van der Waals surface area contributed by atoms with Crippen LogP contribution in [0.15, 0.2) is 24.3 Å². The van der Waals surface area contributed by atoms with Crippen LogP contribution < -0.4 is 5.32 Å². The molecule has 0 rings (SSSR count). The number of hydrogen-bond donors (Lipinski definition) is 5. The summed E-state index contributed by atoms with van der Waals surface area (Å²) in [5, 5.41) is 44.0. The Bertz CT molecular complexity index is 1000. The summed E-state index contributed by atoms with van der Waals surface area (Å²) < 4.78 is 0. The molecule has 1 amide bonds. The van der Waals surface area contributed by atoms with Crippen molar-refractivity contribution >= 4 is 5.91 Å². The molecule has 0 radical (unpaired) electrons. The molecule has 0 saturated heterocycles. The molecule has 6 heteroatoms. The fourth-order valence-corrected chi connectivity index (χ4v) is 9.48. The lowest BCUT2D eigenvalue weighted by Crippen LogP contribution is -2.53. The van der Waals surface area contributed by atoms with Crippen LogP contribution in [0.25, 0.3) is 0 Å². The zero-order valence-corrected chi connectivity index (χ0v) is 44.5. The van der Waals surface area contributed by atoms with E-state index in [0.717, 1.165) is 38.5 Å². The average Bonchev–Trinajstić information content (AvgIpc) is 3.32. The molecule has 0 aliphatic carbocycles. The number of amides is 1. The first-order valence-electron chi connectivity index (χ1n) is 29.7. The van der Waals surface area contributed by atoms with Crippen LogP contribution in [-0.4, -0.2) is 57.3 Å². The maximum Gasteiger partial charge on any atom is 0.249 e. The molecule has 392 valence electrons. The fourth-order valence-electron chi connectivity index (χ4n) is 9.48. The van der Waals surface area contributed by atoms with Gasteiger partial charge in [0.1, 0.15) is 12.2 Å². The number of hydrogen-bond acceptors (Lipinski definition) is 5. The summed E-state index contributed by atoms with van der Waals surface area (Å²) in [6.45, 7) is 4.08. The Hall–Kier alpha value is -1.21. The summed E-state index contributed by atoms with van der Waals surface area (Å²) in [6, 6.07) is -1.01. The Morgan fingerprint density at radius 3 is 0.955 bits per heavy atom. The summed E-state index contributed by atoms with van der Waals surface area (Å²) in [7, 11) is 0. The molecule has 66 heavy (non-hydrogen) atoms. The van der Waals surface area contributed by atoms with Crippen LogP contribution in [0.5, 0.6) is 0 Å². The molecule has 0 aliphatic rings. The van der Waals surface area contributed by atoms with Crippen molar-refractivity contribution in [2.75, 3.05) is 6.61 Å². The van der Waals surface area contributed by atoms with Gasteiger partial charge < -0.3 is 25.7 Å². The van der Waals surface area contributed by atoms with E-state index in [1.807, 2.05) is 0 Å². The van der Waals surface area contributed by atoms with Crippen LogP contribution in [0.4, 0.5) is 0 Å². The van der Waals surface area contributed by atoms with Crippen LogP contribution in [0.2, 0.25) is 0 Å². The Labute approximate surface area is 412 Å². The number of aliphatic hydroxyl groups excluding tert-OH is 4. The van der Waals surface area contributed by atoms with E-state index in [4.69, 9.17) is 0 Å². The fraction of sp³-hybridized carbons (Fsp3) is 0.917. The molecule has 0 aromatic carbocycles. The zero-order chi connectivity index (χ0) is 48.1. The van der Waals surface area contributed by atoms with Gasteiger partial charge in [-0.3, -0.25) is 4.79 Å². The highest BCUT2D eigenvalue weighted by Gasteiger charge is 2.28. The van der Waals surface area contributed by atoms with E-state index < -0.39 is 36.9 Å². The van der Waals surface area contributed by atoms with Crippen molar-refractivity contribution in [2.45, 2.75) is 346 Å². The molecule has 5 N–H and O–H groups in total. The van der Waals surface area contributed by atoms with Gasteiger partial charge in [0.2, 0.25) is 5.91 Å². The molecule has 0 bridgehead atoms. The van der Waals surface area contributed by atoms with Crippen LogP contribution >= 0.6 is 0 Å². The predicted octanol–water partition coefficient (Wildman–Crippen LogP) is 17.4. The van der Waals surface area contributed by atoms with E-state index in [-0.39, 0.29) is 0 Å². The van der Waals surface area contributed by atoms with Gasteiger partial charge >= 0.3 is 0 Å². The van der Waals surface area contributed by atoms with E-state index in [1.54, 1.807) is 0 Å². The van der Waals surface area contributed by atoms with Crippen molar-refractivity contribution in [3.63, 3.8) is 0 Å². The topological polar surface area (TPSA) is 110 Å². The van der Waals surface area contributed by atoms with E-state index in [0.29, 0.717) is 19.3 Å². The van der Waals surface area contributed by atoms with Crippen molar-refractivity contribution in [1.29, 1.82) is 0 Å². The Morgan fingerprint density at radius 2 is 0.636 bits per heavy atom. The molecular weight excluding hydrogens is 815 g/mol. The number of nitrogens with one attached hydrogen (secondary N) is 1. The van der Waals surface area contributed by atoms with Crippen LogP contribution in [0.3, 0.4) is 0 Å². The minimum Gasteiger partial charge on any atom is -0.394 e. The SMILES string of the molecule is CCCCCCCCCCCCCCCC/C=C/CC/C=C/CCCC(O)C(O)C(CO)NC(=O)C(O)CCCCCCCCCCCCCCCCCCCCCCCCCCCCC. The molecule has 0 saturated carbocycles. The van der Waals surface area contributed by atoms with Crippen LogP contribution in [0.1, 0.15) is 322 Å². The lowest BCUT2D eigenvalue weighted by atomic mass is 10.00. The normalized spacial score (nSPS) is 13.8. The van der Waals surface area contributed by atoms with Crippen molar-refractivity contribution in [3.05, 3.63) is 24.3 Å². The zero-order valence-electron chi connectivity index (χ0n) is 44.5. The summed E-state index contributed by atoms with van der Waals surface area (Å²) in [5.41, 5.74) is 0. The van der Waals surface area contributed by atoms with Crippen molar-refractivity contribution < 1.29 is 25.2 Å². The third-order valence-electron chi connectivity index (χ3n) is 14.1. The number of unbranched alkanes of at least 4 members (excludes halogenated alkanes) is 42. The first-order chi connectivity index (χ1) is 32.5. The Morgan fingerprint density at radius 1 is 0.364 bits per heavy atom. The molecule has 0 aromatic rings. The largest absolute Gasteiger partial charge is 0.394 e. The second kappa shape index (κ2) is 54.7. The maximum atomic E-state index is 12.6. The summed E-state index contributed by atoms with van der Waals surface area (Å²) in [4.78, 5) is 12.6. The van der Waals surface area contributed by atoms with Gasteiger partial charge in [0.15, 0.2) is 0 Å². The van der Waals surface area contributed by atoms with Gasteiger partial charge in [-0.05, 0) is 51.4 Å². The van der Waals surface area contributed by atoms with Gasteiger partial charge in [-0.25, -0.2) is 0 Å².